The van der Waals surface area contributed by atoms with E-state index in [1.807, 2.05) is 0 Å². The lowest BCUT2D eigenvalue weighted by Gasteiger charge is -2.22. The van der Waals surface area contributed by atoms with E-state index < -0.39 is 0 Å². The molecule has 1 rings (SSSR count). The Morgan fingerprint density at radius 3 is 2.45 bits per heavy atom. The van der Waals surface area contributed by atoms with Crippen LogP contribution in [0.3, 0.4) is 0 Å². The van der Waals surface area contributed by atoms with Crippen molar-refractivity contribution in [3.63, 3.8) is 0 Å². The van der Waals surface area contributed by atoms with Crippen molar-refractivity contribution in [1.82, 2.24) is 0 Å². The van der Waals surface area contributed by atoms with Crippen molar-refractivity contribution >= 4 is 0 Å². The zero-order valence-corrected chi connectivity index (χ0v) is 12.9. The van der Waals surface area contributed by atoms with Crippen LogP contribution in [0.1, 0.15) is 77.0 Å². The first-order chi connectivity index (χ1) is 9.93. The van der Waals surface area contributed by atoms with E-state index >= 15 is 0 Å². The number of ether oxygens (including phenoxy) is 2. The number of hydrogen-bond acceptors (Lipinski definition) is 3. The Balaban J connectivity index is 1.71. The summed E-state index contributed by atoms with van der Waals surface area (Å²) in [5.74, 6) is 0. The van der Waals surface area contributed by atoms with Gasteiger partial charge in [-0.3, -0.25) is 0 Å². The van der Waals surface area contributed by atoms with Crippen molar-refractivity contribution in [3.05, 3.63) is 0 Å². The van der Waals surface area contributed by atoms with Gasteiger partial charge in [0.2, 0.25) is 0 Å². The molecule has 0 aromatic rings. The van der Waals surface area contributed by atoms with Gasteiger partial charge in [0.1, 0.15) is 0 Å². The van der Waals surface area contributed by atoms with Gasteiger partial charge in [0, 0.05) is 26.2 Å². The van der Waals surface area contributed by atoms with Crippen LogP contribution in [-0.2, 0) is 9.47 Å². The number of nitrogens with zero attached hydrogens (tertiary/aromatic N) is 1. The van der Waals surface area contributed by atoms with E-state index in [4.69, 9.17) is 14.7 Å². The molecule has 1 aliphatic heterocycles. The summed E-state index contributed by atoms with van der Waals surface area (Å²) in [6.07, 6.45) is 14.6. The molecule has 0 saturated carbocycles. The summed E-state index contributed by atoms with van der Waals surface area (Å²) < 4.78 is 11.4. The second-order valence-corrected chi connectivity index (χ2v) is 5.77. The lowest BCUT2D eigenvalue weighted by Crippen LogP contribution is -2.19. The average molecular weight is 281 g/mol. The normalized spacial score (nSPS) is 18.9. The van der Waals surface area contributed by atoms with Crippen molar-refractivity contribution in [2.24, 2.45) is 0 Å². The molecule has 3 nitrogen and oxygen atoms in total. The third kappa shape index (κ3) is 10.2. The summed E-state index contributed by atoms with van der Waals surface area (Å²) in [6, 6.07) is 2.19. The fraction of sp³-hybridized carbons (Fsp3) is 0.941. The summed E-state index contributed by atoms with van der Waals surface area (Å²) >= 11 is 0. The molecule has 0 aliphatic carbocycles. The summed E-state index contributed by atoms with van der Waals surface area (Å²) in [4.78, 5) is 0. The van der Waals surface area contributed by atoms with Crippen molar-refractivity contribution in [3.8, 4) is 6.07 Å². The van der Waals surface area contributed by atoms with Gasteiger partial charge in [-0.1, -0.05) is 25.7 Å². The Morgan fingerprint density at radius 1 is 0.950 bits per heavy atom. The van der Waals surface area contributed by atoms with Gasteiger partial charge in [-0.2, -0.15) is 5.26 Å². The molecule has 1 heterocycles. The van der Waals surface area contributed by atoms with Crippen LogP contribution in [0.4, 0.5) is 0 Å². The molecule has 0 amide bonds. The Labute approximate surface area is 124 Å². The molecule has 1 unspecified atom stereocenters. The summed E-state index contributed by atoms with van der Waals surface area (Å²) in [7, 11) is 0. The van der Waals surface area contributed by atoms with Gasteiger partial charge in [0.25, 0.3) is 0 Å². The molecule has 1 atom stereocenters. The molecule has 1 fully saturated rings. The van der Waals surface area contributed by atoms with Gasteiger partial charge < -0.3 is 9.47 Å². The monoisotopic (exact) mass is 281 g/mol. The molecular weight excluding hydrogens is 250 g/mol. The second kappa shape index (κ2) is 13.4. The maximum Gasteiger partial charge on any atom is 0.0621 e. The summed E-state index contributed by atoms with van der Waals surface area (Å²) in [5, 5.41) is 8.42. The molecular formula is C17H31NO2. The van der Waals surface area contributed by atoms with Crippen molar-refractivity contribution in [1.29, 1.82) is 5.26 Å². The first-order valence-electron chi connectivity index (χ1n) is 8.50. The number of hydrogen-bond donors (Lipinski definition) is 0. The highest BCUT2D eigenvalue weighted by atomic mass is 16.5. The van der Waals surface area contributed by atoms with Crippen LogP contribution in [0.2, 0.25) is 0 Å². The maximum atomic E-state index is 8.42. The lowest BCUT2D eigenvalue weighted by molar-refractivity contribution is 0.00452. The lowest BCUT2D eigenvalue weighted by atomic mass is 10.1. The summed E-state index contributed by atoms with van der Waals surface area (Å²) in [5.41, 5.74) is 0. The Morgan fingerprint density at radius 2 is 1.70 bits per heavy atom. The molecule has 20 heavy (non-hydrogen) atoms. The smallest absolute Gasteiger partial charge is 0.0621 e. The van der Waals surface area contributed by atoms with Crippen molar-refractivity contribution in [2.75, 3.05) is 19.8 Å². The summed E-state index contributed by atoms with van der Waals surface area (Å²) in [6.45, 7) is 2.76. The van der Waals surface area contributed by atoms with Crippen LogP contribution in [-0.4, -0.2) is 25.9 Å². The predicted octanol–water partition coefficient (Wildman–Crippen LogP) is 4.61. The Bertz CT molecular complexity index is 244. The van der Waals surface area contributed by atoms with E-state index in [9.17, 15) is 0 Å². The maximum absolute atomic E-state index is 8.42. The molecule has 0 spiro atoms. The fourth-order valence-corrected chi connectivity index (χ4v) is 2.67. The van der Waals surface area contributed by atoms with Gasteiger partial charge in [-0.25, -0.2) is 0 Å². The fourth-order valence-electron chi connectivity index (χ4n) is 2.67. The first-order valence-corrected chi connectivity index (χ1v) is 8.50. The van der Waals surface area contributed by atoms with Crippen molar-refractivity contribution in [2.45, 2.75) is 83.2 Å². The third-order valence-electron chi connectivity index (χ3n) is 3.92. The van der Waals surface area contributed by atoms with Gasteiger partial charge in [-0.05, 0) is 44.9 Å². The first kappa shape index (κ1) is 17.5. The minimum atomic E-state index is 0.501. The van der Waals surface area contributed by atoms with Gasteiger partial charge >= 0.3 is 0 Å². The largest absolute Gasteiger partial charge is 0.381 e. The zero-order valence-electron chi connectivity index (χ0n) is 12.9. The van der Waals surface area contributed by atoms with Crippen LogP contribution in [0.15, 0.2) is 0 Å². The van der Waals surface area contributed by atoms with E-state index in [0.717, 1.165) is 32.7 Å². The van der Waals surface area contributed by atoms with Crippen LogP contribution in [0, 0.1) is 11.3 Å². The number of nitriles is 1. The van der Waals surface area contributed by atoms with Crippen LogP contribution in [0.25, 0.3) is 0 Å². The molecule has 3 heteroatoms. The minimum Gasteiger partial charge on any atom is -0.381 e. The minimum absolute atomic E-state index is 0.501. The Hall–Kier alpha value is -0.590. The SMILES string of the molecule is N#CCCCCCCCCOCCCC1CCCCO1. The second-order valence-electron chi connectivity index (χ2n) is 5.77. The Kier molecular flexibility index (Phi) is 11.7. The van der Waals surface area contributed by atoms with Gasteiger partial charge in [0.05, 0.1) is 12.2 Å². The van der Waals surface area contributed by atoms with E-state index in [0.29, 0.717) is 12.5 Å². The topological polar surface area (TPSA) is 42.2 Å². The van der Waals surface area contributed by atoms with Crippen LogP contribution >= 0.6 is 0 Å². The van der Waals surface area contributed by atoms with E-state index in [2.05, 4.69) is 6.07 Å². The number of unbranched alkanes of at least 4 members (excludes halogenated alkanes) is 6. The molecule has 0 N–H and O–H groups in total. The zero-order chi connectivity index (χ0) is 14.3. The molecule has 116 valence electrons. The van der Waals surface area contributed by atoms with Crippen LogP contribution in [0.5, 0.6) is 0 Å². The van der Waals surface area contributed by atoms with Gasteiger partial charge in [-0.15, -0.1) is 0 Å². The average Bonchev–Trinajstić information content (AvgIpc) is 2.49. The number of rotatable bonds is 12. The molecule has 0 radical (unpaired) electrons. The van der Waals surface area contributed by atoms with Gasteiger partial charge in [0.15, 0.2) is 0 Å². The van der Waals surface area contributed by atoms with E-state index in [1.165, 1.54) is 57.8 Å². The van der Waals surface area contributed by atoms with Crippen LogP contribution < -0.4 is 0 Å². The van der Waals surface area contributed by atoms with E-state index in [1.54, 1.807) is 0 Å². The highest BCUT2D eigenvalue weighted by molar-refractivity contribution is 4.67. The highest BCUT2D eigenvalue weighted by Crippen LogP contribution is 2.16. The third-order valence-corrected chi connectivity index (χ3v) is 3.92. The molecule has 1 aliphatic rings. The quantitative estimate of drug-likeness (QED) is 0.491. The molecule has 1 saturated heterocycles. The standard InChI is InChI=1S/C17H31NO2/c18-13-7-4-2-1-3-5-8-14-19-15-10-12-17-11-6-9-16-20-17/h17H,1-12,14-16H2. The highest BCUT2D eigenvalue weighted by Gasteiger charge is 2.12. The molecule has 0 bridgehead atoms. The van der Waals surface area contributed by atoms with Crippen molar-refractivity contribution < 1.29 is 9.47 Å². The predicted molar refractivity (Wildman–Crippen MR) is 81.6 cm³/mol. The van der Waals surface area contributed by atoms with E-state index in [-0.39, 0.29) is 0 Å². The molecule has 0 aromatic carbocycles. The molecule has 0 aromatic heterocycles.